The molecule has 0 spiro atoms. The molecular weight excluding hydrogens is 402 g/mol. The first-order chi connectivity index (χ1) is 14.5. The smallest absolute Gasteiger partial charge is 0.254 e. The second-order valence-corrected chi connectivity index (χ2v) is 8.43. The van der Waals surface area contributed by atoms with Crippen LogP contribution in [0.15, 0.2) is 47.8 Å². The van der Waals surface area contributed by atoms with Gasteiger partial charge in [-0.15, -0.1) is 11.3 Å². The van der Waals surface area contributed by atoms with Crippen molar-refractivity contribution < 1.29 is 19.8 Å². The molecule has 3 N–H and O–H groups in total. The van der Waals surface area contributed by atoms with E-state index in [0.29, 0.717) is 25.8 Å². The zero-order valence-electron chi connectivity index (χ0n) is 16.5. The zero-order chi connectivity index (χ0) is 21.6. The van der Waals surface area contributed by atoms with Crippen molar-refractivity contribution in [2.75, 3.05) is 19.6 Å². The van der Waals surface area contributed by atoms with Gasteiger partial charge < -0.3 is 20.4 Å². The summed E-state index contributed by atoms with van der Waals surface area (Å²) in [6.45, 7) is 0.846. The first-order valence-corrected chi connectivity index (χ1v) is 10.8. The van der Waals surface area contributed by atoms with E-state index in [1.165, 1.54) is 4.90 Å². The van der Waals surface area contributed by atoms with Gasteiger partial charge in [0.2, 0.25) is 0 Å². The van der Waals surface area contributed by atoms with Gasteiger partial charge in [-0.1, -0.05) is 36.4 Å². The lowest BCUT2D eigenvalue weighted by molar-refractivity contribution is -0.154. The number of piperidine rings is 1. The molecule has 1 aromatic heterocycles. The fourth-order valence-electron chi connectivity index (χ4n) is 3.66. The van der Waals surface area contributed by atoms with Crippen LogP contribution in [-0.2, 0) is 21.4 Å². The van der Waals surface area contributed by atoms with E-state index in [0.717, 1.165) is 10.4 Å². The molecule has 1 saturated heterocycles. The molecule has 0 radical (unpaired) electrons. The summed E-state index contributed by atoms with van der Waals surface area (Å²) in [5.74, 6) is -1.48. The first-order valence-electron chi connectivity index (χ1n) is 9.89. The standard InChI is InChI=1S/C22H25N3O4S/c23-15-22(16-5-2-1-3-6-16)9-12-25(13-10-22)21(29)19(27)18(26)20(28)24-11-8-17-7-4-14-30-17/h1-7,14,18-19,26-27H,8-13H2,(H,24,28)/t18-,19-/m1/s1. The molecule has 30 heavy (non-hydrogen) atoms. The van der Waals surface area contributed by atoms with Crippen molar-refractivity contribution in [3.63, 3.8) is 0 Å². The van der Waals surface area contributed by atoms with Crippen molar-refractivity contribution in [2.45, 2.75) is 36.9 Å². The van der Waals surface area contributed by atoms with E-state index >= 15 is 0 Å². The Balaban J connectivity index is 1.52. The number of nitriles is 1. The van der Waals surface area contributed by atoms with Gasteiger partial charge in [0.15, 0.2) is 12.2 Å². The Bertz CT molecular complexity index is 887. The first kappa shape index (κ1) is 22.0. The summed E-state index contributed by atoms with van der Waals surface area (Å²) < 4.78 is 0. The maximum atomic E-state index is 12.6. The van der Waals surface area contributed by atoms with Crippen LogP contribution in [0.2, 0.25) is 0 Å². The molecule has 2 atom stereocenters. The minimum absolute atomic E-state index is 0.269. The Labute approximate surface area is 179 Å². The topological polar surface area (TPSA) is 114 Å². The van der Waals surface area contributed by atoms with E-state index in [-0.39, 0.29) is 13.1 Å². The van der Waals surface area contributed by atoms with E-state index in [9.17, 15) is 25.1 Å². The molecule has 0 saturated carbocycles. The number of nitrogens with zero attached hydrogens (tertiary/aromatic N) is 2. The maximum Gasteiger partial charge on any atom is 0.254 e. The number of likely N-dealkylation sites (tertiary alicyclic amines) is 1. The van der Waals surface area contributed by atoms with Crippen LogP contribution in [0.4, 0.5) is 0 Å². The fraction of sp³-hybridized carbons (Fsp3) is 0.409. The number of benzene rings is 1. The van der Waals surface area contributed by atoms with Crippen molar-refractivity contribution in [2.24, 2.45) is 0 Å². The van der Waals surface area contributed by atoms with Crippen LogP contribution in [0.25, 0.3) is 0 Å². The molecule has 1 fully saturated rings. The number of carbonyl (C=O) groups excluding carboxylic acids is 2. The largest absolute Gasteiger partial charge is 0.380 e. The summed E-state index contributed by atoms with van der Waals surface area (Å²) >= 11 is 1.57. The van der Waals surface area contributed by atoms with Gasteiger partial charge >= 0.3 is 0 Å². The highest BCUT2D eigenvalue weighted by atomic mass is 32.1. The molecule has 2 heterocycles. The molecule has 0 aliphatic carbocycles. The molecule has 1 aromatic carbocycles. The van der Waals surface area contributed by atoms with Gasteiger partial charge in [-0.25, -0.2) is 0 Å². The van der Waals surface area contributed by atoms with E-state index in [4.69, 9.17) is 0 Å². The summed E-state index contributed by atoms with van der Waals surface area (Å²) in [7, 11) is 0. The molecule has 1 aliphatic heterocycles. The fourth-order valence-corrected chi connectivity index (χ4v) is 4.37. The molecule has 2 aromatic rings. The lowest BCUT2D eigenvalue weighted by Gasteiger charge is -2.38. The molecule has 0 unspecified atom stereocenters. The lowest BCUT2D eigenvalue weighted by Crippen LogP contribution is -2.53. The minimum Gasteiger partial charge on any atom is -0.380 e. The van der Waals surface area contributed by atoms with Crippen molar-refractivity contribution >= 4 is 23.2 Å². The van der Waals surface area contributed by atoms with Gasteiger partial charge in [-0.05, 0) is 36.3 Å². The third kappa shape index (κ3) is 4.87. The molecular formula is C22H25N3O4S. The summed E-state index contributed by atoms with van der Waals surface area (Å²) in [5.41, 5.74) is 0.228. The monoisotopic (exact) mass is 427 g/mol. The normalized spacial score (nSPS) is 17.6. The van der Waals surface area contributed by atoms with Crippen molar-refractivity contribution in [3.8, 4) is 6.07 Å². The second-order valence-electron chi connectivity index (χ2n) is 7.40. The Morgan fingerprint density at radius 1 is 1.13 bits per heavy atom. The number of aliphatic hydroxyl groups excluding tert-OH is 2. The van der Waals surface area contributed by atoms with E-state index < -0.39 is 29.4 Å². The summed E-state index contributed by atoms with van der Waals surface area (Å²) in [4.78, 5) is 27.2. The molecule has 8 heteroatoms. The quantitative estimate of drug-likeness (QED) is 0.615. The van der Waals surface area contributed by atoms with Gasteiger partial charge in [0.25, 0.3) is 11.8 Å². The van der Waals surface area contributed by atoms with E-state index in [1.54, 1.807) is 11.3 Å². The van der Waals surface area contributed by atoms with Crippen molar-refractivity contribution in [1.82, 2.24) is 10.2 Å². The summed E-state index contributed by atoms with van der Waals surface area (Å²) in [6, 6.07) is 15.7. The zero-order valence-corrected chi connectivity index (χ0v) is 17.3. The number of aliphatic hydroxyl groups is 2. The molecule has 3 rings (SSSR count). The van der Waals surface area contributed by atoms with Gasteiger partial charge in [0.05, 0.1) is 11.5 Å². The molecule has 1 aliphatic rings. The molecule has 2 amide bonds. The third-order valence-electron chi connectivity index (χ3n) is 5.54. The van der Waals surface area contributed by atoms with Crippen LogP contribution in [0.5, 0.6) is 0 Å². The number of amides is 2. The number of nitrogens with one attached hydrogen (secondary N) is 1. The van der Waals surface area contributed by atoms with Gasteiger partial charge in [-0.2, -0.15) is 5.26 Å². The van der Waals surface area contributed by atoms with Crippen molar-refractivity contribution in [3.05, 3.63) is 58.3 Å². The third-order valence-corrected chi connectivity index (χ3v) is 6.48. The van der Waals surface area contributed by atoms with Crippen LogP contribution in [0.1, 0.15) is 23.3 Å². The van der Waals surface area contributed by atoms with Gasteiger partial charge in [-0.3, -0.25) is 9.59 Å². The average Bonchev–Trinajstić information content (AvgIpc) is 3.31. The maximum absolute atomic E-state index is 12.6. The van der Waals surface area contributed by atoms with Crippen LogP contribution in [0.3, 0.4) is 0 Å². The number of hydrogen-bond donors (Lipinski definition) is 3. The van der Waals surface area contributed by atoms with Gasteiger partial charge in [0.1, 0.15) is 0 Å². The van der Waals surface area contributed by atoms with Gasteiger partial charge in [0, 0.05) is 24.5 Å². The predicted octanol–water partition coefficient (Wildman–Crippen LogP) is 1.21. The summed E-state index contributed by atoms with van der Waals surface area (Å²) in [6.07, 6.45) is -2.21. The Morgan fingerprint density at radius 3 is 2.43 bits per heavy atom. The van der Waals surface area contributed by atoms with Crippen LogP contribution < -0.4 is 5.32 Å². The second kappa shape index (κ2) is 9.85. The highest BCUT2D eigenvalue weighted by molar-refractivity contribution is 7.09. The van der Waals surface area contributed by atoms with E-state index in [2.05, 4.69) is 11.4 Å². The summed E-state index contributed by atoms with van der Waals surface area (Å²) in [5, 5.41) is 34.6. The van der Waals surface area contributed by atoms with Crippen LogP contribution >= 0.6 is 11.3 Å². The Kier molecular flexibility index (Phi) is 7.21. The average molecular weight is 428 g/mol. The molecule has 0 bridgehead atoms. The van der Waals surface area contributed by atoms with Crippen molar-refractivity contribution in [1.29, 1.82) is 5.26 Å². The Hall–Kier alpha value is -2.73. The minimum atomic E-state index is -1.84. The van der Waals surface area contributed by atoms with E-state index in [1.807, 2.05) is 47.8 Å². The molecule has 7 nitrogen and oxygen atoms in total. The number of rotatable bonds is 7. The molecule has 158 valence electrons. The van der Waals surface area contributed by atoms with Crippen LogP contribution in [0, 0.1) is 11.3 Å². The predicted molar refractivity (Wildman–Crippen MR) is 113 cm³/mol. The Morgan fingerprint density at radius 2 is 1.83 bits per heavy atom. The van der Waals surface area contributed by atoms with Crippen LogP contribution in [-0.4, -0.2) is 58.8 Å². The SMILES string of the molecule is N#CC1(c2ccccc2)CCN(C(=O)[C@H](O)[C@@H](O)C(=O)NCCc2cccs2)CC1. The highest BCUT2D eigenvalue weighted by Crippen LogP contribution is 2.35. The lowest BCUT2D eigenvalue weighted by atomic mass is 9.74. The number of thiophene rings is 1. The highest BCUT2D eigenvalue weighted by Gasteiger charge is 2.40. The number of carbonyl (C=O) groups is 2. The number of hydrogen-bond acceptors (Lipinski definition) is 6.